The fraction of sp³-hybridized carbons (Fsp3) is 0.318. The summed E-state index contributed by atoms with van der Waals surface area (Å²) in [5.74, 6) is -0.982. The smallest absolute Gasteiger partial charge is 0.354 e. The number of anilines is 2. The van der Waals surface area contributed by atoms with Gasteiger partial charge in [0.15, 0.2) is 0 Å². The van der Waals surface area contributed by atoms with Gasteiger partial charge in [-0.05, 0) is 50.1 Å². The van der Waals surface area contributed by atoms with Gasteiger partial charge in [0.1, 0.15) is 11.8 Å². The van der Waals surface area contributed by atoms with Crippen molar-refractivity contribution in [1.29, 1.82) is 0 Å². The molecule has 0 spiro atoms. The lowest BCUT2D eigenvalue weighted by atomic mass is 10.1. The minimum absolute atomic E-state index is 0.0189. The number of sulfonamides is 1. The van der Waals surface area contributed by atoms with Crippen molar-refractivity contribution in [2.45, 2.75) is 43.2 Å². The lowest BCUT2D eigenvalue weighted by molar-refractivity contribution is -0.135. The zero-order valence-electron chi connectivity index (χ0n) is 17.5. The lowest BCUT2D eigenvalue weighted by Gasteiger charge is -2.22. The summed E-state index contributed by atoms with van der Waals surface area (Å²) in [7, 11) is -3.65. The first-order valence-corrected chi connectivity index (χ1v) is 11.9. The van der Waals surface area contributed by atoms with Crippen LogP contribution in [-0.2, 0) is 24.3 Å². The van der Waals surface area contributed by atoms with Gasteiger partial charge in [-0.1, -0.05) is 24.3 Å². The SMILES string of the molecule is CCOC(=O)C1=NN(c2ccccc2)C(C(=O)Nc2cccc(S(=O)(=O)NC3CC3)c2)C1. The Labute approximate surface area is 186 Å². The van der Waals surface area contributed by atoms with Crippen LogP contribution in [0, 0.1) is 0 Å². The average molecular weight is 457 g/mol. The Morgan fingerprint density at radius 2 is 1.88 bits per heavy atom. The number of benzene rings is 2. The summed E-state index contributed by atoms with van der Waals surface area (Å²) in [6.07, 6.45) is 1.73. The summed E-state index contributed by atoms with van der Waals surface area (Å²) >= 11 is 0. The number of esters is 1. The molecule has 32 heavy (non-hydrogen) atoms. The van der Waals surface area contributed by atoms with Crippen LogP contribution in [0.15, 0.2) is 64.6 Å². The summed E-state index contributed by atoms with van der Waals surface area (Å²) in [6, 6.07) is 14.3. The zero-order valence-corrected chi connectivity index (χ0v) is 18.3. The van der Waals surface area contributed by atoms with E-state index in [0.717, 1.165) is 12.8 Å². The molecule has 1 aliphatic carbocycles. The Morgan fingerprint density at radius 1 is 1.12 bits per heavy atom. The number of amides is 1. The summed E-state index contributed by atoms with van der Waals surface area (Å²) in [5.41, 5.74) is 1.14. The largest absolute Gasteiger partial charge is 0.461 e. The normalized spacial score (nSPS) is 18.2. The van der Waals surface area contributed by atoms with Crippen LogP contribution in [0.5, 0.6) is 0 Å². The van der Waals surface area contributed by atoms with Gasteiger partial charge >= 0.3 is 5.97 Å². The molecule has 1 amide bonds. The van der Waals surface area contributed by atoms with Gasteiger partial charge < -0.3 is 10.1 Å². The van der Waals surface area contributed by atoms with E-state index in [1.165, 1.54) is 17.1 Å². The summed E-state index contributed by atoms with van der Waals surface area (Å²) in [4.78, 5) is 25.4. The second kappa shape index (κ2) is 9.09. The average Bonchev–Trinajstić information content (AvgIpc) is 3.46. The Kier molecular flexibility index (Phi) is 6.24. The molecule has 0 aromatic heterocycles. The third-order valence-corrected chi connectivity index (χ3v) is 6.57. The van der Waals surface area contributed by atoms with Crippen molar-refractivity contribution >= 4 is 39.0 Å². The van der Waals surface area contributed by atoms with Crippen molar-refractivity contribution in [1.82, 2.24) is 4.72 Å². The number of nitrogens with one attached hydrogen (secondary N) is 2. The predicted octanol–water partition coefficient (Wildman–Crippen LogP) is 2.26. The first kappa shape index (κ1) is 22.0. The van der Waals surface area contributed by atoms with Crippen LogP contribution in [0.25, 0.3) is 0 Å². The van der Waals surface area contributed by atoms with E-state index in [9.17, 15) is 18.0 Å². The molecule has 2 aromatic carbocycles. The van der Waals surface area contributed by atoms with E-state index in [0.29, 0.717) is 11.4 Å². The van der Waals surface area contributed by atoms with Crippen molar-refractivity contribution in [2.24, 2.45) is 5.10 Å². The molecule has 9 nitrogen and oxygen atoms in total. The Morgan fingerprint density at radius 3 is 2.56 bits per heavy atom. The van der Waals surface area contributed by atoms with E-state index in [4.69, 9.17) is 4.74 Å². The number of hydrazone groups is 1. The van der Waals surface area contributed by atoms with Gasteiger partial charge in [0.2, 0.25) is 15.9 Å². The van der Waals surface area contributed by atoms with Gasteiger partial charge in [-0.25, -0.2) is 17.9 Å². The Hall–Kier alpha value is -3.24. The van der Waals surface area contributed by atoms with Crippen LogP contribution < -0.4 is 15.0 Å². The number of rotatable bonds is 8. The fourth-order valence-corrected chi connectivity index (χ4v) is 4.68. The van der Waals surface area contributed by atoms with Crippen LogP contribution >= 0.6 is 0 Å². The fourth-order valence-electron chi connectivity index (χ4n) is 3.33. The van der Waals surface area contributed by atoms with Gasteiger partial charge in [0.05, 0.1) is 17.2 Å². The Bertz CT molecular complexity index is 1150. The highest BCUT2D eigenvalue weighted by Gasteiger charge is 2.37. The number of hydrogen-bond acceptors (Lipinski definition) is 7. The van der Waals surface area contributed by atoms with Crippen molar-refractivity contribution in [3.05, 3.63) is 54.6 Å². The van der Waals surface area contributed by atoms with E-state index >= 15 is 0 Å². The molecule has 1 unspecified atom stereocenters. The van der Waals surface area contributed by atoms with Crippen LogP contribution in [-0.4, -0.2) is 44.7 Å². The van der Waals surface area contributed by atoms with Gasteiger partial charge in [-0.2, -0.15) is 5.10 Å². The van der Waals surface area contributed by atoms with Gasteiger partial charge in [0.25, 0.3) is 0 Å². The minimum Gasteiger partial charge on any atom is -0.461 e. The van der Waals surface area contributed by atoms with Gasteiger partial charge in [0, 0.05) is 18.2 Å². The van der Waals surface area contributed by atoms with Crippen LogP contribution in [0.2, 0.25) is 0 Å². The van der Waals surface area contributed by atoms with Gasteiger partial charge in [-0.15, -0.1) is 0 Å². The van der Waals surface area contributed by atoms with Crippen molar-refractivity contribution in [3.8, 4) is 0 Å². The quantitative estimate of drug-likeness (QED) is 0.589. The van der Waals surface area contributed by atoms with Crippen molar-refractivity contribution < 1.29 is 22.7 Å². The van der Waals surface area contributed by atoms with E-state index in [-0.39, 0.29) is 29.7 Å². The third kappa shape index (κ3) is 4.97. The van der Waals surface area contributed by atoms with E-state index in [2.05, 4.69) is 15.1 Å². The van der Waals surface area contributed by atoms with E-state index < -0.39 is 27.9 Å². The van der Waals surface area contributed by atoms with E-state index in [1.807, 2.05) is 18.2 Å². The number of nitrogens with zero attached hydrogens (tertiary/aromatic N) is 2. The highest BCUT2D eigenvalue weighted by Crippen LogP contribution is 2.27. The van der Waals surface area contributed by atoms with Crippen molar-refractivity contribution in [2.75, 3.05) is 16.9 Å². The molecule has 1 atom stereocenters. The molecule has 1 heterocycles. The molecule has 2 aromatic rings. The number of carbonyl (C=O) groups is 2. The Balaban J connectivity index is 1.54. The molecule has 1 fully saturated rings. The molecule has 168 valence electrons. The van der Waals surface area contributed by atoms with Crippen molar-refractivity contribution in [3.63, 3.8) is 0 Å². The summed E-state index contributed by atoms with van der Waals surface area (Å²) < 4.78 is 32.7. The van der Waals surface area contributed by atoms with Gasteiger partial charge in [-0.3, -0.25) is 9.80 Å². The highest BCUT2D eigenvalue weighted by molar-refractivity contribution is 7.89. The predicted molar refractivity (Wildman–Crippen MR) is 120 cm³/mol. The molecule has 4 rings (SSSR count). The van der Waals surface area contributed by atoms with Crippen LogP contribution in [0.1, 0.15) is 26.2 Å². The second-order valence-electron chi connectivity index (χ2n) is 7.58. The second-order valence-corrected chi connectivity index (χ2v) is 9.29. The van der Waals surface area contributed by atoms with E-state index in [1.54, 1.807) is 31.2 Å². The summed E-state index contributed by atoms with van der Waals surface area (Å²) in [5, 5.41) is 8.57. The lowest BCUT2D eigenvalue weighted by Crippen LogP contribution is -2.38. The topological polar surface area (TPSA) is 117 Å². The highest BCUT2D eigenvalue weighted by atomic mass is 32.2. The van der Waals surface area contributed by atoms with Crippen LogP contribution in [0.3, 0.4) is 0 Å². The molecule has 1 saturated carbocycles. The standard InChI is InChI=1S/C22H24N4O5S/c1-2-31-22(28)19-14-20(26(24-19)17-8-4-3-5-9-17)21(27)23-16-7-6-10-18(13-16)32(29,30)25-15-11-12-15/h3-10,13,15,20,25H,2,11-12,14H2,1H3,(H,23,27). The molecule has 0 saturated heterocycles. The molecular weight excluding hydrogens is 432 g/mol. The molecular formula is C22H24N4O5S. The number of carbonyl (C=O) groups excluding carboxylic acids is 2. The maximum atomic E-state index is 13.1. The maximum Gasteiger partial charge on any atom is 0.354 e. The molecule has 2 N–H and O–H groups in total. The molecule has 2 aliphatic rings. The minimum atomic E-state index is -3.65. The molecule has 0 bridgehead atoms. The summed E-state index contributed by atoms with van der Waals surface area (Å²) in [6.45, 7) is 1.90. The maximum absolute atomic E-state index is 13.1. The zero-order chi connectivity index (χ0) is 22.7. The monoisotopic (exact) mass is 456 g/mol. The molecule has 1 aliphatic heterocycles. The number of para-hydroxylation sites is 1. The number of ether oxygens (including phenoxy) is 1. The number of hydrogen-bond donors (Lipinski definition) is 2. The first-order chi connectivity index (χ1) is 15.4. The third-order valence-electron chi connectivity index (χ3n) is 5.06. The molecule has 10 heteroatoms. The molecule has 0 radical (unpaired) electrons. The van der Waals surface area contributed by atoms with Crippen LogP contribution in [0.4, 0.5) is 11.4 Å². The first-order valence-electron chi connectivity index (χ1n) is 10.4.